The summed E-state index contributed by atoms with van der Waals surface area (Å²) in [6, 6.07) is -0.620. The molecule has 0 heterocycles. The standard InChI is InChI=1S/C78H153NO5/c1-3-5-7-9-11-13-14-15-16-17-39-43-46-49-52-56-60-64-68-72-78(83)84-73-69-65-61-57-53-50-47-44-41-38-36-34-32-30-28-26-24-22-20-18-19-21-23-25-27-29-31-33-35-37-40-42-45-48-51-55-59-63-67-71-77(82)79-75(74-80)76(81)70-66-62-58-54-12-10-8-6-4-2/h66,70,75-76,80-81H,3-65,67-69,71-74H2,1-2H3,(H,79,82)/b70-66+. The number of unbranched alkanes of at least 4 members (excludes halogenated alkanes) is 63. The molecule has 0 bridgehead atoms. The molecule has 6 nitrogen and oxygen atoms in total. The van der Waals surface area contributed by atoms with Crippen molar-refractivity contribution in [2.24, 2.45) is 0 Å². The van der Waals surface area contributed by atoms with E-state index < -0.39 is 12.1 Å². The van der Waals surface area contributed by atoms with Gasteiger partial charge in [-0.05, 0) is 32.1 Å². The molecule has 0 aromatic carbocycles. The van der Waals surface area contributed by atoms with E-state index in [0.29, 0.717) is 19.4 Å². The van der Waals surface area contributed by atoms with Gasteiger partial charge in [0.1, 0.15) is 0 Å². The highest BCUT2D eigenvalue weighted by atomic mass is 16.5. The monoisotopic (exact) mass is 1180 g/mol. The first-order valence-electron chi connectivity index (χ1n) is 39.0. The van der Waals surface area contributed by atoms with Crippen molar-refractivity contribution < 1.29 is 24.5 Å². The fraction of sp³-hybridized carbons (Fsp3) is 0.949. The number of aliphatic hydroxyl groups excluding tert-OH is 2. The molecule has 0 aliphatic heterocycles. The lowest BCUT2D eigenvalue weighted by atomic mass is 10.0. The zero-order valence-corrected chi connectivity index (χ0v) is 57.4. The second kappa shape index (κ2) is 74.1. The summed E-state index contributed by atoms with van der Waals surface area (Å²) in [6.07, 6.45) is 93.7. The van der Waals surface area contributed by atoms with Crippen molar-refractivity contribution in [1.29, 1.82) is 0 Å². The SMILES string of the molecule is CCCCCCCCC/C=C/C(O)C(CO)NC(=O)CCCCCCCCCCCCCCCCCCCCCCCCCCCCCCCCCCCCCCCCCOC(=O)CCCCCCCCCCCCCCCCCCCCC. The molecule has 0 radical (unpaired) electrons. The summed E-state index contributed by atoms with van der Waals surface area (Å²) in [5.74, 6) is -0.0326. The van der Waals surface area contributed by atoms with Gasteiger partial charge in [-0.2, -0.15) is 0 Å². The zero-order chi connectivity index (χ0) is 60.6. The van der Waals surface area contributed by atoms with E-state index in [4.69, 9.17) is 4.74 Å². The van der Waals surface area contributed by atoms with Crippen molar-refractivity contribution >= 4 is 11.9 Å². The van der Waals surface area contributed by atoms with Crippen LogP contribution in [-0.2, 0) is 14.3 Å². The van der Waals surface area contributed by atoms with Crippen molar-refractivity contribution in [2.75, 3.05) is 13.2 Å². The number of ether oxygens (including phenoxy) is 1. The number of nitrogens with one attached hydrogen (secondary N) is 1. The lowest BCUT2D eigenvalue weighted by Crippen LogP contribution is -2.45. The van der Waals surface area contributed by atoms with Crippen LogP contribution in [0, 0.1) is 0 Å². The molecular weight excluding hydrogens is 1030 g/mol. The summed E-state index contributed by atoms with van der Waals surface area (Å²) in [6.45, 7) is 4.93. The van der Waals surface area contributed by atoms with Crippen LogP contribution in [0.25, 0.3) is 0 Å². The van der Waals surface area contributed by atoms with Crippen LogP contribution in [0.5, 0.6) is 0 Å². The number of allylic oxidation sites excluding steroid dienone is 1. The molecule has 0 fully saturated rings. The second-order valence-corrected chi connectivity index (χ2v) is 27.1. The smallest absolute Gasteiger partial charge is 0.305 e. The molecular formula is C78H153NO5. The first-order valence-corrected chi connectivity index (χ1v) is 39.0. The summed E-state index contributed by atoms with van der Waals surface area (Å²) >= 11 is 0. The van der Waals surface area contributed by atoms with Gasteiger partial charge in [0.05, 0.1) is 25.4 Å². The van der Waals surface area contributed by atoms with Gasteiger partial charge in [-0.3, -0.25) is 9.59 Å². The summed E-state index contributed by atoms with van der Waals surface area (Å²) in [4.78, 5) is 24.5. The van der Waals surface area contributed by atoms with E-state index in [-0.39, 0.29) is 18.5 Å². The van der Waals surface area contributed by atoms with E-state index in [2.05, 4.69) is 19.2 Å². The molecule has 6 heteroatoms. The molecule has 0 aromatic heterocycles. The second-order valence-electron chi connectivity index (χ2n) is 27.1. The van der Waals surface area contributed by atoms with E-state index >= 15 is 0 Å². The number of aliphatic hydroxyl groups is 2. The highest BCUT2D eigenvalue weighted by molar-refractivity contribution is 5.76. The number of hydrogen-bond acceptors (Lipinski definition) is 5. The Morgan fingerprint density at radius 3 is 0.810 bits per heavy atom. The lowest BCUT2D eigenvalue weighted by Gasteiger charge is -2.20. The minimum atomic E-state index is -0.837. The molecule has 0 rings (SSSR count). The number of esters is 1. The minimum Gasteiger partial charge on any atom is -0.466 e. The normalized spacial score (nSPS) is 12.5. The topological polar surface area (TPSA) is 95.9 Å². The van der Waals surface area contributed by atoms with Crippen LogP contribution in [-0.4, -0.2) is 47.4 Å². The van der Waals surface area contributed by atoms with Crippen LogP contribution in [0.3, 0.4) is 0 Å². The fourth-order valence-corrected chi connectivity index (χ4v) is 12.6. The van der Waals surface area contributed by atoms with Crippen LogP contribution in [0.15, 0.2) is 12.2 Å². The molecule has 2 atom stereocenters. The Hall–Kier alpha value is -1.40. The number of amides is 1. The van der Waals surface area contributed by atoms with Gasteiger partial charge in [-0.25, -0.2) is 0 Å². The molecule has 0 aliphatic carbocycles. The predicted molar refractivity (Wildman–Crippen MR) is 370 cm³/mol. The van der Waals surface area contributed by atoms with Gasteiger partial charge in [0.25, 0.3) is 0 Å². The first kappa shape index (κ1) is 82.6. The van der Waals surface area contributed by atoms with Crippen molar-refractivity contribution in [2.45, 2.75) is 463 Å². The summed E-state index contributed by atoms with van der Waals surface area (Å²) in [7, 11) is 0. The van der Waals surface area contributed by atoms with Crippen molar-refractivity contribution in [3.8, 4) is 0 Å². The van der Waals surface area contributed by atoms with E-state index in [1.54, 1.807) is 6.08 Å². The number of rotatable bonds is 74. The Morgan fingerprint density at radius 1 is 0.321 bits per heavy atom. The van der Waals surface area contributed by atoms with Crippen LogP contribution in [0.1, 0.15) is 450 Å². The molecule has 0 saturated heterocycles. The largest absolute Gasteiger partial charge is 0.466 e. The van der Waals surface area contributed by atoms with Gasteiger partial charge in [-0.1, -0.05) is 418 Å². The van der Waals surface area contributed by atoms with E-state index in [1.165, 1.54) is 385 Å². The van der Waals surface area contributed by atoms with Gasteiger partial charge >= 0.3 is 5.97 Å². The van der Waals surface area contributed by atoms with Gasteiger partial charge < -0.3 is 20.3 Å². The Labute approximate surface area is 527 Å². The zero-order valence-electron chi connectivity index (χ0n) is 57.4. The Kier molecular flexibility index (Phi) is 72.8. The van der Waals surface area contributed by atoms with E-state index in [1.807, 2.05) is 6.08 Å². The maximum absolute atomic E-state index is 12.4. The third-order valence-electron chi connectivity index (χ3n) is 18.6. The number of carbonyl (C=O) groups excluding carboxylic acids is 2. The van der Waals surface area contributed by atoms with Crippen molar-refractivity contribution in [3.05, 3.63) is 12.2 Å². The summed E-state index contributed by atoms with van der Waals surface area (Å²) in [5.41, 5.74) is 0. The molecule has 3 N–H and O–H groups in total. The van der Waals surface area contributed by atoms with Crippen molar-refractivity contribution in [1.82, 2.24) is 5.32 Å². The molecule has 0 saturated carbocycles. The molecule has 1 amide bonds. The van der Waals surface area contributed by atoms with Gasteiger partial charge in [0.15, 0.2) is 0 Å². The lowest BCUT2D eigenvalue weighted by molar-refractivity contribution is -0.143. The molecule has 84 heavy (non-hydrogen) atoms. The van der Waals surface area contributed by atoms with Crippen LogP contribution >= 0.6 is 0 Å². The quantitative estimate of drug-likeness (QED) is 0.0320. The molecule has 0 aromatic rings. The fourth-order valence-electron chi connectivity index (χ4n) is 12.6. The minimum absolute atomic E-state index is 0.0297. The molecule has 0 spiro atoms. The highest BCUT2D eigenvalue weighted by Crippen LogP contribution is 2.20. The molecule has 2 unspecified atom stereocenters. The summed E-state index contributed by atoms with van der Waals surface area (Å²) in [5, 5.41) is 23.0. The van der Waals surface area contributed by atoms with Crippen LogP contribution in [0.4, 0.5) is 0 Å². The third kappa shape index (κ3) is 69.7. The third-order valence-corrected chi connectivity index (χ3v) is 18.6. The van der Waals surface area contributed by atoms with Crippen LogP contribution in [0.2, 0.25) is 0 Å². The first-order chi connectivity index (χ1) is 41.5. The van der Waals surface area contributed by atoms with Gasteiger partial charge in [-0.15, -0.1) is 0 Å². The average Bonchev–Trinajstić information content (AvgIpc) is 3.52. The predicted octanol–water partition coefficient (Wildman–Crippen LogP) is 25.5. The van der Waals surface area contributed by atoms with E-state index in [9.17, 15) is 19.8 Å². The molecule has 500 valence electrons. The molecule has 0 aliphatic rings. The number of hydrogen-bond donors (Lipinski definition) is 3. The Morgan fingerprint density at radius 2 is 0.548 bits per heavy atom. The maximum Gasteiger partial charge on any atom is 0.305 e. The number of carbonyl (C=O) groups is 2. The Bertz CT molecular complexity index is 1270. The van der Waals surface area contributed by atoms with E-state index in [0.717, 1.165) is 38.5 Å². The van der Waals surface area contributed by atoms with Gasteiger partial charge in [0, 0.05) is 12.8 Å². The average molecular weight is 1190 g/mol. The highest BCUT2D eigenvalue weighted by Gasteiger charge is 2.18. The maximum atomic E-state index is 12.4. The summed E-state index contributed by atoms with van der Waals surface area (Å²) < 4.78 is 5.52. The van der Waals surface area contributed by atoms with Gasteiger partial charge in [0.2, 0.25) is 5.91 Å². The Balaban J connectivity index is 3.25. The van der Waals surface area contributed by atoms with Crippen LogP contribution < -0.4 is 5.32 Å². The van der Waals surface area contributed by atoms with Crippen molar-refractivity contribution in [3.63, 3.8) is 0 Å².